The van der Waals surface area contributed by atoms with E-state index in [2.05, 4.69) is 34.4 Å². The highest BCUT2D eigenvalue weighted by atomic mass is 79.9. The molecule has 8 atom stereocenters. The molecule has 2 aromatic rings. The first kappa shape index (κ1) is 37.5. The number of ether oxygens (including phenoxy) is 2. The van der Waals surface area contributed by atoms with Crippen LogP contribution in [0.25, 0.3) is 0 Å². The lowest BCUT2D eigenvalue weighted by molar-refractivity contribution is -0.161. The first-order valence-electron chi connectivity index (χ1n) is 17.4. The fraction of sp³-hybridized carbons (Fsp3) is 0.487. The number of fused-ring (bicyclic) bond motifs is 1. The lowest BCUT2D eigenvalue weighted by Gasteiger charge is -2.39. The van der Waals surface area contributed by atoms with E-state index in [0.717, 1.165) is 5.56 Å². The van der Waals surface area contributed by atoms with Crippen molar-refractivity contribution in [2.75, 3.05) is 19.7 Å². The summed E-state index contributed by atoms with van der Waals surface area (Å²) in [5.41, 5.74) is 0.261. The molecule has 3 aliphatic heterocycles. The Bertz CT molecular complexity index is 1540. The van der Waals surface area contributed by atoms with E-state index in [1.54, 1.807) is 17.1 Å². The highest BCUT2D eigenvalue weighted by Gasteiger charge is 2.77. The van der Waals surface area contributed by atoms with E-state index < -0.39 is 53.6 Å². The van der Waals surface area contributed by atoms with Crippen LogP contribution in [0, 0.1) is 17.8 Å². The summed E-state index contributed by atoms with van der Waals surface area (Å²) in [4.78, 5) is 59.3. The molecular formula is C39H48BrN3O7. The maximum absolute atomic E-state index is 14.8. The number of rotatable bonds is 17. The summed E-state index contributed by atoms with van der Waals surface area (Å²) < 4.78 is 12.9. The predicted molar refractivity (Wildman–Crippen MR) is 193 cm³/mol. The van der Waals surface area contributed by atoms with Crippen molar-refractivity contribution in [2.45, 2.75) is 80.8 Å². The third kappa shape index (κ3) is 7.60. The van der Waals surface area contributed by atoms with E-state index in [9.17, 15) is 24.3 Å². The van der Waals surface area contributed by atoms with E-state index in [-0.39, 0.29) is 55.2 Å². The minimum absolute atomic E-state index is 0.0374. The molecule has 3 aliphatic rings. The number of carbonyl (C=O) groups excluding carboxylic acids is 4. The Morgan fingerprint density at radius 3 is 2.42 bits per heavy atom. The topological polar surface area (TPSA) is 125 Å². The minimum atomic E-state index is -1.33. The van der Waals surface area contributed by atoms with Gasteiger partial charge in [-0.25, -0.2) is 0 Å². The molecule has 1 spiro atoms. The molecule has 2 bridgehead atoms. The standard InChI is InChI=1S/C39H48BrN3O7/c1-5-7-18-31(45)41-22-30(27-16-12-9-13-17-27)49-38(48)32-33-36(46)43(28(24-44)20-25(3)4)35(39(33)21-29(40)34(32)50-39)37(47)42(19-6-2)23-26-14-10-8-11-15-26/h5-6,8-17,25,28-30,32-35,44H,1-2,7,18-24H2,3-4H3,(H,41,45)/t28-,29?,30-,32+,33-,34+,35+,39-/m1/s1. The molecule has 0 radical (unpaired) electrons. The van der Waals surface area contributed by atoms with Gasteiger partial charge in [0, 0.05) is 24.3 Å². The van der Waals surface area contributed by atoms with Gasteiger partial charge in [-0.2, -0.15) is 0 Å². The lowest BCUT2D eigenvalue weighted by atomic mass is 9.70. The maximum atomic E-state index is 14.8. The van der Waals surface area contributed by atoms with Crippen LogP contribution >= 0.6 is 15.9 Å². The zero-order chi connectivity index (χ0) is 36.0. The van der Waals surface area contributed by atoms with Crippen LogP contribution in [-0.2, 0) is 35.2 Å². The Morgan fingerprint density at radius 1 is 1.12 bits per heavy atom. The number of amides is 3. The summed E-state index contributed by atoms with van der Waals surface area (Å²) in [6.45, 7) is 11.7. The first-order valence-corrected chi connectivity index (χ1v) is 18.3. The third-order valence-corrected chi connectivity index (χ3v) is 10.8. The first-order chi connectivity index (χ1) is 24.1. The summed E-state index contributed by atoms with van der Waals surface area (Å²) >= 11 is 3.73. The number of halogens is 1. The number of hydrogen-bond donors (Lipinski definition) is 2. The van der Waals surface area contributed by atoms with Gasteiger partial charge in [-0.15, -0.1) is 13.2 Å². The van der Waals surface area contributed by atoms with Crippen LogP contribution in [0.4, 0.5) is 0 Å². The SMILES string of the molecule is C=CCCC(=O)NC[C@@H](OC(=O)[C@@H]1[C@H]2O[C@@]3(CC2Br)[C@H](C(=O)N(CC=C)Cc2ccccc2)N([C@@H](CO)CC(C)C)C(=O)[C@@H]13)c1ccccc1. The number of likely N-dealkylation sites (tertiary alicyclic amines) is 1. The number of esters is 1. The molecule has 2 N–H and O–H groups in total. The molecule has 0 aromatic heterocycles. The molecule has 5 rings (SSSR count). The Morgan fingerprint density at radius 2 is 1.80 bits per heavy atom. The van der Waals surface area contributed by atoms with Gasteiger partial charge in [-0.3, -0.25) is 19.2 Å². The van der Waals surface area contributed by atoms with Crippen LogP contribution in [-0.4, -0.2) is 86.9 Å². The molecular weight excluding hydrogens is 702 g/mol. The highest BCUT2D eigenvalue weighted by molar-refractivity contribution is 9.09. The number of hydrogen-bond acceptors (Lipinski definition) is 7. The summed E-state index contributed by atoms with van der Waals surface area (Å²) in [6.07, 6.45) is 3.29. The third-order valence-electron chi connectivity index (χ3n) is 9.95. The van der Waals surface area contributed by atoms with Crippen molar-refractivity contribution in [1.82, 2.24) is 15.1 Å². The second kappa shape index (κ2) is 16.5. The Hall–Kier alpha value is -3.80. The van der Waals surface area contributed by atoms with E-state index in [1.165, 1.54) is 4.90 Å². The van der Waals surface area contributed by atoms with Crippen LogP contribution in [0.3, 0.4) is 0 Å². The van der Waals surface area contributed by atoms with E-state index in [0.29, 0.717) is 24.8 Å². The van der Waals surface area contributed by atoms with E-state index >= 15 is 0 Å². The van der Waals surface area contributed by atoms with Gasteiger partial charge in [0.1, 0.15) is 17.7 Å². The number of aliphatic hydroxyl groups is 1. The van der Waals surface area contributed by atoms with Gasteiger partial charge < -0.3 is 29.7 Å². The second-order valence-corrected chi connectivity index (χ2v) is 15.0. The maximum Gasteiger partial charge on any atom is 0.313 e. The van der Waals surface area contributed by atoms with E-state index in [4.69, 9.17) is 9.47 Å². The van der Waals surface area contributed by atoms with Gasteiger partial charge in [0.2, 0.25) is 17.7 Å². The van der Waals surface area contributed by atoms with Gasteiger partial charge in [0.05, 0.1) is 37.1 Å². The average molecular weight is 751 g/mol. The van der Waals surface area contributed by atoms with Gasteiger partial charge in [-0.1, -0.05) is 103 Å². The number of aliphatic hydroxyl groups excluding tert-OH is 1. The summed E-state index contributed by atoms with van der Waals surface area (Å²) in [7, 11) is 0. The van der Waals surface area contributed by atoms with Crippen molar-refractivity contribution < 1.29 is 33.8 Å². The molecule has 3 fully saturated rings. The predicted octanol–water partition coefficient (Wildman–Crippen LogP) is 4.72. The number of benzene rings is 2. The number of carbonyl (C=O) groups is 4. The highest BCUT2D eigenvalue weighted by Crippen LogP contribution is 2.61. The van der Waals surface area contributed by atoms with Crippen LogP contribution in [0.15, 0.2) is 86.0 Å². The average Bonchev–Trinajstić information content (AvgIpc) is 3.71. The molecule has 268 valence electrons. The van der Waals surface area contributed by atoms with Crippen molar-refractivity contribution >= 4 is 39.6 Å². The van der Waals surface area contributed by atoms with Gasteiger partial charge >= 0.3 is 5.97 Å². The molecule has 3 saturated heterocycles. The molecule has 3 amide bonds. The van der Waals surface area contributed by atoms with Gasteiger partial charge in [-0.05, 0) is 36.3 Å². The van der Waals surface area contributed by atoms with Crippen molar-refractivity contribution in [3.8, 4) is 0 Å². The smallest absolute Gasteiger partial charge is 0.313 e. The quantitative estimate of drug-likeness (QED) is 0.136. The van der Waals surface area contributed by atoms with Crippen LogP contribution in [0.2, 0.25) is 0 Å². The Kier molecular flexibility index (Phi) is 12.3. The monoisotopic (exact) mass is 749 g/mol. The molecule has 50 heavy (non-hydrogen) atoms. The second-order valence-electron chi connectivity index (χ2n) is 13.8. The normalized spacial score (nSPS) is 26.3. The molecule has 0 saturated carbocycles. The van der Waals surface area contributed by atoms with Gasteiger partial charge in [0.15, 0.2) is 0 Å². The largest absolute Gasteiger partial charge is 0.455 e. The molecule has 2 aromatic carbocycles. The molecule has 10 nitrogen and oxygen atoms in total. The van der Waals surface area contributed by atoms with Crippen molar-refractivity contribution in [3.05, 3.63) is 97.1 Å². The van der Waals surface area contributed by atoms with Crippen LogP contribution < -0.4 is 5.32 Å². The summed E-state index contributed by atoms with van der Waals surface area (Å²) in [5.74, 6) is -3.50. The minimum Gasteiger partial charge on any atom is -0.455 e. The molecule has 3 heterocycles. The number of alkyl halides is 1. The zero-order valence-electron chi connectivity index (χ0n) is 28.8. The lowest BCUT2D eigenvalue weighted by Crippen LogP contribution is -2.59. The van der Waals surface area contributed by atoms with Crippen LogP contribution in [0.5, 0.6) is 0 Å². The fourth-order valence-electron chi connectivity index (χ4n) is 7.84. The molecule has 1 unspecified atom stereocenters. The Balaban J connectivity index is 1.50. The van der Waals surface area contributed by atoms with Crippen molar-refractivity contribution in [2.24, 2.45) is 17.8 Å². The fourth-order valence-corrected chi connectivity index (χ4v) is 8.78. The summed E-state index contributed by atoms with van der Waals surface area (Å²) in [5, 5.41) is 13.5. The molecule has 0 aliphatic carbocycles. The zero-order valence-corrected chi connectivity index (χ0v) is 30.4. The Labute approximate surface area is 303 Å². The van der Waals surface area contributed by atoms with Gasteiger partial charge in [0.25, 0.3) is 0 Å². The van der Waals surface area contributed by atoms with Crippen LogP contribution in [0.1, 0.15) is 56.8 Å². The van der Waals surface area contributed by atoms with E-state index in [1.807, 2.05) is 74.5 Å². The molecule has 11 heteroatoms. The number of nitrogens with zero attached hydrogens (tertiary/aromatic N) is 2. The number of nitrogens with one attached hydrogen (secondary N) is 1. The van der Waals surface area contributed by atoms with Crippen molar-refractivity contribution in [3.63, 3.8) is 0 Å². The summed E-state index contributed by atoms with van der Waals surface area (Å²) in [6, 6.07) is 16.9. The van der Waals surface area contributed by atoms with Crippen molar-refractivity contribution in [1.29, 1.82) is 0 Å². The number of allylic oxidation sites excluding steroid dienone is 1.